The van der Waals surface area contributed by atoms with Crippen molar-refractivity contribution in [3.05, 3.63) is 45.6 Å². The lowest BCUT2D eigenvalue weighted by Gasteiger charge is -2.36. The maximum atomic E-state index is 11.5. The van der Waals surface area contributed by atoms with Gasteiger partial charge in [0.1, 0.15) is 5.82 Å². The first kappa shape index (κ1) is 18.2. The van der Waals surface area contributed by atoms with Crippen LogP contribution in [0, 0.1) is 12.8 Å². The number of fused-ring (bicyclic) bond motifs is 1. The van der Waals surface area contributed by atoms with Gasteiger partial charge in [0.2, 0.25) is 16.7 Å². The molecule has 0 aliphatic carbocycles. The highest BCUT2D eigenvalue weighted by Gasteiger charge is 2.34. The standard InChI is InChI=1S/C18H20ClN5O2S/c1-10-21-18-24(22-10)17(26)15(27-18)14(12-4-2-3-5-13(12)19)23-8-6-11(7-9-23)16(20)25/h2-5,11,14,26H,6-9H2,1H3,(H2,20,25). The van der Waals surface area contributed by atoms with Crippen molar-refractivity contribution in [3.63, 3.8) is 0 Å². The van der Waals surface area contributed by atoms with E-state index in [0.29, 0.717) is 41.7 Å². The summed E-state index contributed by atoms with van der Waals surface area (Å²) in [6.45, 7) is 3.17. The predicted octanol–water partition coefficient (Wildman–Crippen LogP) is 2.74. The van der Waals surface area contributed by atoms with Crippen LogP contribution >= 0.6 is 22.9 Å². The number of nitrogens with two attached hydrogens (primary N) is 1. The summed E-state index contributed by atoms with van der Waals surface area (Å²) in [6, 6.07) is 7.39. The molecule has 1 atom stereocenters. The lowest BCUT2D eigenvalue weighted by molar-refractivity contribution is -0.123. The number of aromatic hydroxyl groups is 1. The molecule has 0 saturated carbocycles. The number of carbonyl (C=O) groups excluding carboxylic acids is 1. The number of hydrogen-bond donors (Lipinski definition) is 2. The number of nitrogens with zero attached hydrogens (tertiary/aromatic N) is 4. The number of rotatable bonds is 4. The van der Waals surface area contributed by atoms with Crippen LogP contribution in [0.4, 0.5) is 0 Å². The van der Waals surface area contributed by atoms with E-state index in [1.54, 1.807) is 6.92 Å². The highest BCUT2D eigenvalue weighted by atomic mass is 35.5. The highest BCUT2D eigenvalue weighted by molar-refractivity contribution is 7.17. The van der Waals surface area contributed by atoms with E-state index in [-0.39, 0.29) is 23.7 Å². The zero-order chi connectivity index (χ0) is 19.1. The molecule has 0 radical (unpaired) electrons. The summed E-state index contributed by atoms with van der Waals surface area (Å²) in [5, 5.41) is 15.7. The molecule has 1 unspecified atom stereocenters. The molecular formula is C18H20ClN5O2S. The van der Waals surface area contributed by atoms with E-state index in [2.05, 4.69) is 15.0 Å². The number of aryl methyl sites for hydroxylation is 1. The predicted molar refractivity (Wildman–Crippen MR) is 104 cm³/mol. The minimum absolute atomic E-state index is 0.0811. The smallest absolute Gasteiger partial charge is 0.230 e. The van der Waals surface area contributed by atoms with Crippen LogP contribution in [0.25, 0.3) is 4.96 Å². The first-order valence-electron chi connectivity index (χ1n) is 8.78. The van der Waals surface area contributed by atoms with Crippen molar-refractivity contribution < 1.29 is 9.90 Å². The first-order chi connectivity index (χ1) is 13.0. The van der Waals surface area contributed by atoms with E-state index in [1.165, 1.54) is 15.9 Å². The quantitative estimate of drug-likeness (QED) is 0.695. The number of benzene rings is 1. The molecule has 1 aromatic carbocycles. The van der Waals surface area contributed by atoms with E-state index >= 15 is 0 Å². The van der Waals surface area contributed by atoms with Gasteiger partial charge in [-0.15, -0.1) is 5.10 Å². The third kappa shape index (κ3) is 3.28. The topological polar surface area (TPSA) is 96.8 Å². The van der Waals surface area contributed by atoms with Crippen LogP contribution in [0.1, 0.15) is 35.1 Å². The van der Waals surface area contributed by atoms with Crippen molar-refractivity contribution in [3.8, 4) is 5.88 Å². The van der Waals surface area contributed by atoms with Gasteiger partial charge in [-0.25, -0.2) is 4.98 Å². The normalized spacial score (nSPS) is 17.4. The molecular weight excluding hydrogens is 386 g/mol. The number of hydrogen-bond acceptors (Lipinski definition) is 6. The second-order valence-electron chi connectivity index (χ2n) is 6.78. The van der Waals surface area contributed by atoms with Crippen LogP contribution in [0.15, 0.2) is 24.3 Å². The van der Waals surface area contributed by atoms with Crippen molar-refractivity contribution in [2.24, 2.45) is 11.7 Å². The van der Waals surface area contributed by atoms with Gasteiger partial charge in [0, 0.05) is 10.9 Å². The minimum atomic E-state index is -0.249. The lowest BCUT2D eigenvalue weighted by Crippen LogP contribution is -2.40. The lowest BCUT2D eigenvalue weighted by atomic mass is 9.93. The van der Waals surface area contributed by atoms with Crippen molar-refractivity contribution in [1.82, 2.24) is 19.5 Å². The number of amides is 1. The van der Waals surface area contributed by atoms with E-state index < -0.39 is 0 Å². The third-order valence-electron chi connectivity index (χ3n) is 5.05. The fourth-order valence-corrected chi connectivity index (χ4v) is 5.06. The van der Waals surface area contributed by atoms with Gasteiger partial charge in [0.15, 0.2) is 0 Å². The maximum Gasteiger partial charge on any atom is 0.230 e. The van der Waals surface area contributed by atoms with Gasteiger partial charge in [-0.1, -0.05) is 41.1 Å². The molecule has 1 aliphatic heterocycles. The molecule has 3 heterocycles. The van der Waals surface area contributed by atoms with Crippen molar-refractivity contribution in [1.29, 1.82) is 0 Å². The van der Waals surface area contributed by atoms with Crippen molar-refractivity contribution in [2.75, 3.05) is 13.1 Å². The average Bonchev–Trinajstić information content (AvgIpc) is 3.15. The van der Waals surface area contributed by atoms with Crippen LogP contribution in [0.2, 0.25) is 5.02 Å². The third-order valence-corrected chi connectivity index (χ3v) is 6.47. The summed E-state index contributed by atoms with van der Waals surface area (Å²) in [6.07, 6.45) is 1.38. The largest absolute Gasteiger partial charge is 0.492 e. The number of aromatic nitrogens is 3. The Bertz CT molecular complexity index is 993. The van der Waals surface area contributed by atoms with E-state index in [4.69, 9.17) is 17.3 Å². The number of thiazole rings is 1. The molecule has 4 rings (SSSR count). The first-order valence-corrected chi connectivity index (χ1v) is 9.98. The second kappa shape index (κ2) is 7.10. The molecule has 27 heavy (non-hydrogen) atoms. The van der Waals surface area contributed by atoms with Gasteiger partial charge in [-0.05, 0) is 44.5 Å². The fraction of sp³-hybridized carbons (Fsp3) is 0.389. The van der Waals surface area contributed by atoms with Gasteiger partial charge >= 0.3 is 0 Å². The molecule has 0 spiro atoms. The molecule has 1 saturated heterocycles. The Morgan fingerprint density at radius 1 is 1.37 bits per heavy atom. The molecule has 3 N–H and O–H groups in total. The molecule has 142 valence electrons. The molecule has 1 fully saturated rings. The zero-order valence-electron chi connectivity index (χ0n) is 14.8. The Morgan fingerprint density at radius 3 is 2.70 bits per heavy atom. The monoisotopic (exact) mass is 405 g/mol. The molecule has 7 nitrogen and oxygen atoms in total. The summed E-state index contributed by atoms with van der Waals surface area (Å²) >= 11 is 7.91. The number of likely N-dealkylation sites (tertiary alicyclic amines) is 1. The van der Waals surface area contributed by atoms with Gasteiger partial charge in [-0.2, -0.15) is 4.52 Å². The van der Waals surface area contributed by atoms with Gasteiger partial charge in [-0.3, -0.25) is 9.69 Å². The molecule has 1 aliphatic rings. The van der Waals surface area contributed by atoms with Crippen molar-refractivity contribution >= 4 is 33.8 Å². The summed E-state index contributed by atoms with van der Waals surface area (Å²) < 4.78 is 1.47. The van der Waals surface area contributed by atoms with Crippen molar-refractivity contribution in [2.45, 2.75) is 25.8 Å². The van der Waals surface area contributed by atoms with Crippen LogP contribution in [0.3, 0.4) is 0 Å². The van der Waals surface area contributed by atoms with Crippen LogP contribution in [-0.4, -0.2) is 43.6 Å². The number of halogens is 1. The van der Waals surface area contributed by atoms with E-state index in [0.717, 1.165) is 10.4 Å². The Balaban J connectivity index is 1.77. The Kier molecular flexibility index (Phi) is 4.79. The summed E-state index contributed by atoms with van der Waals surface area (Å²) in [4.78, 5) is 19.5. The van der Waals surface area contributed by atoms with E-state index in [1.807, 2.05) is 24.3 Å². The molecule has 1 amide bonds. The zero-order valence-corrected chi connectivity index (χ0v) is 16.4. The van der Waals surface area contributed by atoms with Crippen LogP contribution < -0.4 is 5.73 Å². The highest BCUT2D eigenvalue weighted by Crippen LogP contribution is 2.43. The van der Waals surface area contributed by atoms with E-state index in [9.17, 15) is 9.90 Å². The summed E-state index contributed by atoms with van der Waals surface area (Å²) in [7, 11) is 0. The van der Waals surface area contributed by atoms with Gasteiger partial charge < -0.3 is 10.8 Å². The molecule has 2 aromatic heterocycles. The van der Waals surface area contributed by atoms with Crippen LogP contribution in [0.5, 0.6) is 5.88 Å². The minimum Gasteiger partial charge on any atom is -0.492 e. The average molecular weight is 406 g/mol. The number of carbonyl (C=O) groups is 1. The summed E-state index contributed by atoms with van der Waals surface area (Å²) in [5.41, 5.74) is 6.38. The summed E-state index contributed by atoms with van der Waals surface area (Å²) in [5.74, 6) is 0.338. The van der Waals surface area contributed by atoms with Gasteiger partial charge in [0.25, 0.3) is 0 Å². The van der Waals surface area contributed by atoms with Gasteiger partial charge in [0.05, 0.1) is 10.9 Å². The second-order valence-corrected chi connectivity index (χ2v) is 8.20. The van der Waals surface area contributed by atoms with Crippen LogP contribution in [-0.2, 0) is 4.79 Å². The SMILES string of the molecule is Cc1nc2sc(C(c3ccccc3Cl)N3CCC(C(N)=O)CC3)c(O)n2n1. The Labute approximate surface area is 165 Å². The molecule has 0 bridgehead atoms. The number of primary amides is 1. The maximum absolute atomic E-state index is 11.5. The molecule has 9 heteroatoms. The molecule has 3 aromatic rings. The Hall–Kier alpha value is -2.16. The Morgan fingerprint density at radius 2 is 2.07 bits per heavy atom. The fourth-order valence-electron chi connectivity index (χ4n) is 3.67. The number of piperidine rings is 1.